The molecule has 3 rings (SSSR count). The van der Waals surface area contributed by atoms with Gasteiger partial charge in [0.2, 0.25) is 0 Å². The zero-order valence-electron chi connectivity index (χ0n) is 25.5. The lowest BCUT2D eigenvalue weighted by Gasteiger charge is -2.29. The summed E-state index contributed by atoms with van der Waals surface area (Å²) in [6.07, 6.45) is -2.56. The van der Waals surface area contributed by atoms with Crippen LogP contribution in [0.5, 0.6) is 5.75 Å². The second-order valence-electron chi connectivity index (χ2n) is 10.2. The number of hydrogen-bond donors (Lipinski definition) is 2. The lowest BCUT2D eigenvalue weighted by molar-refractivity contribution is -0.147. The van der Waals surface area contributed by atoms with Crippen LogP contribution < -0.4 is 15.9 Å². The second-order valence-corrected chi connectivity index (χ2v) is 10.2. The minimum absolute atomic E-state index is 0.0268. The summed E-state index contributed by atoms with van der Waals surface area (Å²) >= 11 is 0. The molecule has 12 heteroatoms. The summed E-state index contributed by atoms with van der Waals surface area (Å²) in [6, 6.07) is 23.8. The fraction of sp³-hybridized carbons (Fsp3) is 0.312. The molecule has 0 aliphatic heterocycles. The summed E-state index contributed by atoms with van der Waals surface area (Å²) in [5.74, 6) is -0.110. The highest BCUT2D eigenvalue weighted by Gasteiger charge is 2.34. The highest BCUT2D eigenvalue weighted by molar-refractivity contribution is 5.83. The maximum Gasteiger partial charge on any atom is 0.429 e. The highest BCUT2D eigenvalue weighted by Crippen LogP contribution is 2.16. The van der Waals surface area contributed by atoms with Crippen molar-refractivity contribution in [1.82, 2.24) is 10.4 Å². The van der Waals surface area contributed by atoms with Crippen LogP contribution in [0.2, 0.25) is 0 Å². The Hall–Kier alpha value is -5.26. The number of carbonyl (C=O) groups excluding carboxylic acids is 4. The number of carbonyl (C=O) groups is 4. The summed E-state index contributed by atoms with van der Waals surface area (Å²) in [5.41, 5.74) is 8.82. The molecule has 0 spiro atoms. The van der Waals surface area contributed by atoms with Crippen molar-refractivity contribution in [2.75, 3.05) is 14.2 Å². The molecule has 3 aromatic carbocycles. The normalized spacial score (nSPS) is 11.0. The molecule has 236 valence electrons. The van der Waals surface area contributed by atoms with Gasteiger partial charge in [0, 0.05) is 6.42 Å². The monoisotopic (exact) mass is 609 g/mol. The number of nitrogens with zero attached hydrogens (tertiary/aromatic N) is 1. The molecule has 0 fully saturated rings. The Kier molecular flexibility index (Phi) is 14.0. The summed E-state index contributed by atoms with van der Waals surface area (Å²) in [7, 11) is 2.74. The number of nitrogens with one attached hydrogen (secondary N) is 1. The molecule has 1 atom stereocenters. The molecule has 3 aromatic rings. The van der Waals surface area contributed by atoms with Crippen molar-refractivity contribution in [3.63, 3.8) is 0 Å². The third-order valence-electron chi connectivity index (χ3n) is 5.61. The van der Waals surface area contributed by atoms with Gasteiger partial charge in [0.1, 0.15) is 24.6 Å². The van der Waals surface area contributed by atoms with E-state index in [2.05, 4.69) is 10.2 Å². The molecule has 0 bridgehead atoms. The first-order valence-corrected chi connectivity index (χ1v) is 13.6. The predicted octanol–water partition coefficient (Wildman–Crippen LogP) is 5.14. The Balaban J connectivity index is 0.000000742. The standard InChI is InChI=1S/C27H28N2O7.C5H11NO2/c1-33-23-15-13-20(14-16-23)17-24(25(30)34-2)29(27(32)36-19-22-11-7-4-8-12-22)28-26(31)35-18-21-9-5-3-6-10-21;1-5(2,3)8-4(6)7/h3-16,24H,17-19H2,1-2H3,(H,28,31);1-3H3,(H2,6,7). The highest BCUT2D eigenvalue weighted by atomic mass is 16.6. The first kappa shape index (κ1) is 34.9. The average Bonchev–Trinajstić information content (AvgIpc) is 3.00. The summed E-state index contributed by atoms with van der Waals surface area (Å²) in [6.45, 7) is 5.20. The molecule has 12 nitrogen and oxygen atoms in total. The second kappa shape index (κ2) is 17.6. The largest absolute Gasteiger partial charge is 0.497 e. The SMILES string of the molecule is CC(C)(C)OC(N)=O.COC(=O)C(Cc1ccc(OC)cc1)N(NC(=O)OCc1ccccc1)C(=O)OCc1ccccc1. The Bertz CT molecular complexity index is 1330. The van der Waals surface area contributed by atoms with Crippen LogP contribution in [0.1, 0.15) is 37.5 Å². The van der Waals surface area contributed by atoms with Gasteiger partial charge < -0.3 is 29.4 Å². The van der Waals surface area contributed by atoms with Crippen LogP contribution in [-0.2, 0) is 43.4 Å². The van der Waals surface area contributed by atoms with E-state index in [-0.39, 0.29) is 19.6 Å². The van der Waals surface area contributed by atoms with Crippen LogP contribution in [0.25, 0.3) is 0 Å². The van der Waals surface area contributed by atoms with Gasteiger partial charge in [0.05, 0.1) is 14.2 Å². The van der Waals surface area contributed by atoms with E-state index in [1.807, 2.05) is 24.3 Å². The van der Waals surface area contributed by atoms with Crippen molar-refractivity contribution in [1.29, 1.82) is 0 Å². The van der Waals surface area contributed by atoms with E-state index in [9.17, 15) is 19.2 Å². The molecule has 0 saturated heterocycles. The Morgan fingerprint density at radius 3 is 1.73 bits per heavy atom. The minimum Gasteiger partial charge on any atom is -0.497 e. The van der Waals surface area contributed by atoms with Crippen LogP contribution in [0, 0.1) is 0 Å². The van der Waals surface area contributed by atoms with E-state index in [4.69, 9.17) is 24.7 Å². The molecule has 0 heterocycles. The number of esters is 1. The van der Waals surface area contributed by atoms with E-state index in [0.29, 0.717) is 11.3 Å². The number of ether oxygens (including phenoxy) is 5. The van der Waals surface area contributed by atoms with Crippen LogP contribution in [0.15, 0.2) is 84.9 Å². The topological polar surface area (TPSA) is 156 Å². The number of nitrogens with two attached hydrogens (primary N) is 1. The van der Waals surface area contributed by atoms with Gasteiger partial charge in [-0.15, -0.1) is 0 Å². The van der Waals surface area contributed by atoms with Gasteiger partial charge in [0.25, 0.3) is 0 Å². The number of amides is 3. The quantitative estimate of drug-likeness (QED) is 0.191. The zero-order valence-corrected chi connectivity index (χ0v) is 25.5. The number of primary amides is 1. The number of hydrazine groups is 1. The number of rotatable bonds is 9. The summed E-state index contributed by atoms with van der Waals surface area (Å²) < 4.78 is 25.3. The van der Waals surface area contributed by atoms with E-state index < -0.39 is 35.9 Å². The summed E-state index contributed by atoms with van der Waals surface area (Å²) in [5, 5.41) is 0.798. The Morgan fingerprint density at radius 2 is 1.30 bits per heavy atom. The third-order valence-corrected chi connectivity index (χ3v) is 5.61. The zero-order chi connectivity index (χ0) is 32.5. The predicted molar refractivity (Wildman–Crippen MR) is 161 cm³/mol. The molecule has 0 saturated carbocycles. The molecule has 0 aliphatic carbocycles. The van der Waals surface area contributed by atoms with Crippen molar-refractivity contribution in [2.45, 2.75) is 52.0 Å². The lowest BCUT2D eigenvalue weighted by atomic mass is 10.1. The van der Waals surface area contributed by atoms with E-state index in [0.717, 1.165) is 16.1 Å². The van der Waals surface area contributed by atoms with Gasteiger partial charge in [0.15, 0.2) is 6.04 Å². The summed E-state index contributed by atoms with van der Waals surface area (Å²) in [4.78, 5) is 48.4. The van der Waals surface area contributed by atoms with Gasteiger partial charge in [-0.2, -0.15) is 0 Å². The molecule has 0 aromatic heterocycles. The van der Waals surface area contributed by atoms with Crippen LogP contribution in [0.3, 0.4) is 0 Å². The number of benzene rings is 3. The molecule has 0 radical (unpaired) electrons. The number of methoxy groups -OCH3 is 2. The molecule has 3 N–H and O–H groups in total. The van der Waals surface area contributed by atoms with Crippen molar-refractivity contribution in [2.24, 2.45) is 5.73 Å². The van der Waals surface area contributed by atoms with Gasteiger partial charge in [-0.25, -0.2) is 29.6 Å². The van der Waals surface area contributed by atoms with Crippen molar-refractivity contribution >= 4 is 24.2 Å². The van der Waals surface area contributed by atoms with Gasteiger partial charge in [-0.3, -0.25) is 0 Å². The molecule has 44 heavy (non-hydrogen) atoms. The fourth-order valence-corrected chi connectivity index (χ4v) is 3.60. The molecular formula is C32H39N3O9. The average molecular weight is 610 g/mol. The van der Waals surface area contributed by atoms with Gasteiger partial charge in [-0.05, 0) is 49.6 Å². The molecule has 1 unspecified atom stereocenters. The Morgan fingerprint density at radius 1 is 0.773 bits per heavy atom. The van der Waals surface area contributed by atoms with Crippen LogP contribution in [0.4, 0.5) is 14.4 Å². The molecule has 3 amide bonds. The maximum absolute atomic E-state index is 13.1. The van der Waals surface area contributed by atoms with Crippen molar-refractivity contribution < 1.29 is 42.9 Å². The van der Waals surface area contributed by atoms with E-state index in [1.165, 1.54) is 7.11 Å². The minimum atomic E-state index is -1.23. The smallest absolute Gasteiger partial charge is 0.429 e. The molecular weight excluding hydrogens is 570 g/mol. The first-order chi connectivity index (χ1) is 20.9. The lowest BCUT2D eigenvalue weighted by Crippen LogP contribution is -2.56. The van der Waals surface area contributed by atoms with Crippen molar-refractivity contribution in [3.05, 3.63) is 102 Å². The van der Waals surface area contributed by atoms with E-state index >= 15 is 0 Å². The Labute approximate surface area is 256 Å². The van der Waals surface area contributed by atoms with Crippen molar-refractivity contribution in [3.8, 4) is 5.75 Å². The van der Waals surface area contributed by atoms with Gasteiger partial charge >= 0.3 is 24.2 Å². The molecule has 0 aliphatic rings. The fourth-order valence-electron chi connectivity index (χ4n) is 3.60. The van der Waals surface area contributed by atoms with Gasteiger partial charge in [-0.1, -0.05) is 72.8 Å². The van der Waals surface area contributed by atoms with E-state index in [1.54, 1.807) is 88.5 Å². The van der Waals surface area contributed by atoms with Crippen LogP contribution in [-0.4, -0.2) is 55.1 Å². The maximum atomic E-state index is 13.1. The number of hydrogen-bond acceptors (Lipinski definition) is 9. The third kappa shape index (κ3) is 13.1. The first-order valence-electron chi connectivity index (χ1n) is 13.6. The van der Waals surface area contributed by atoms with Crippen LogP contribution >= 0.6 is 0 Å².